The molecule has 1 saturated carbocycles. The number of nitrogens with one attached hydrogen (secondary N) is 1. The summed E-state index contributed by atoms with van der Waals surface area (Å²) in [6.07, 6.45) is 1.58. The molecule has 0 aromatic heterocycles. The fourth-order valence-electron chi connectivity index (χ4n) is 2.17. The van der Waals surface area contributed by atoms with Crippen LogP contribution in [-0.4, -0.2) is 54.0 Å². The van der Waals surface area contributed by atoms with Gasteiger partial charge in [0, 0.05) is 19.1 Å². The molecule has 2 rings (SSSR count). The SMILES string of the molecule is O=C(O)C1CCN(S(=O)(=O)NC2CC2)CC1C(=O)O. The van der Waals surface area contributed by atoms with Crippen molar-refractivity contribution in [3.05, 3.63) is 0 Å². The van der Waals surface area contributed by atoms with Crippen molar-refractivity contribution < 1.29 is 28.2 Å². The van der Waals surface area contributed by atoms with Crippen molar-refractivity contribution in [2.24, 2.45) is 11.8 Å². The average molecular weight is 292 g/mol. The van der Waals surface area contributed by atoms with E-state index in [0.29, 0.717) is 0 Å². The van der Waals surface area contributed by atoms with Gasteiger partial charge in [0.2, 0.25) is 0 Å². The van der Waals surface area contributed by atoms with Gasteiger partial charge in [-0.3, -0.25) is 9.59 Å². The number of carboxylic acid groups (broad SMARTS) is 2. The maximum Gasteiger partial charge on any atom is 0.308 e. The molecule has 0 aromatic carbocycles. The van der Waals surface area contributed by atoms with Crippen LogP contribution in [0.2, 0.25) is 0 Å². The van der Waals surface area contributed by atoms with E-state index in [1.807, 2.05) is 0 Å². The van der Waals surface area contributed by atoms with Crippen molar-refractivity contribution >= 4 is 22.1 Å². The standard InChI is InChI=1S/C10H16N2O6S/c13-9(14)7-3-4-12(5-8(7)10(15)16)19(17,18)11-6-1-2-6/h6-8,11H,1-5H2,(H,13,14)(H,15,16). The summed E-state index contributed by atoms with van der Waals surface area (Å²) >= 11 is 0. The van der Waals surface area contributed by atoms with E-state index in [4.69, 9.17) is 10.2 Å². The monoisotopic (exact) mass is 292 g/mol. The van der Waals surface area contributed by atoms with Crippen LogP contribution in [0.25, 0.3) is 0 Å². The average Bonchev–Trinajstić information content (AvgIpc) is 3.11. The Labute approximate surface area is 110 Å². The lowest BCUT2D eigenvalue weighted by Gasteiger charge is -2.33. The Balaban J connectivity index is 2.09. The number of carbonyl (C=O) groups is 2. The van der Waals surface area contributed by atoms with Gasteiger partial charge in [0.05, 0.1) is 11.8 Å². The van der Waals surface area contributed by atoms with E-state index in [1.54, 1.807) is 0 Å². The molecular formula is C10H16N2O6S. The van der Waals surface area contributed by atoms with Crippen molar-refractivity contribution in [1.82, 2.24) is 9.03 Å². The molecule has 2 aliphatic rings. The lowest BCUT2D eigenvalue weighted by atomic mass is 9.86. The molecule has 19 heavy (non-hydrogen) atoms. The van der Waals surface area contributed by atoms with Crippen molar-refractivity contribution in [2.75, 3.05) is 13.1 Å². The highest BCUT2D eigenvalue weighted by Gasteiger charge is 2.43. The topological polar surface area (TPSA) is 124 Å². The van der Waals surface area contributed by atoms with Gasteiger partial charge in [-0.15, -0.1) is 0 Å². The van der Waals surface area contributed by atoms with Gasteiger partial charge < -0.3 is 10.2 Å². The molecule has 8 nitrogen and oxygen atoms in total. The molecule has 0 amide bonds. The fraction of sp³-hybridized carbons (Fsp3) is 0.800. The number of nitrogens with zero attached hydrogens (tertiary/aromatic N) is 1. The van der Waals surface area contributed by atoms with Crippen LogP contribution in [0.4, 0.5) is 0 Å². The Kier molecular flexibility index (Phi) is 3.79. The lowest BCUT2D eigenvalue weighted by Crippen LogP contribution is -2.52. The third-order valence-electron chi connectivity index (χ3n) is 3.44. The van der Waals surface area contributed by atoms with Gasteiger partial charge in [-0.2, -0.15) is 17.4 Å². The van der Waals surface area contributed by atoms with E-state index < -0.39 is 34.0 Å². The van der Waals surface area contributed by atoms with Crippen LogP contribution < -0.4 is 4.72 Å². The third kappa shape index (κ3) is 3.23. The normalized spacial score (nSPS) is 29.1. The van der Waals surface area contributed by atoms with E-state index in [0.717, 1.165) is 17.1 Å². The van der Waals surface area contributed by atoms with Crippen molar-refractivity contribution in [3.63, 3.8) is 0 Å². The van der Waals surface area contributed by atoms with Gasteiger partial charge in [0.15, 0.2) is 0 Å². The van der Waals surface area contributed by atoms with E-state index in [2.05, 4.69) is 4.72 Å². The van der Waals surface area contributed by atoms with Crippen molar-refractivity contribution in [3.8, 4) is 0 Å². The zero-order chi connectivity index (χ0) is 14.2. The second kappa shape index (κ2) is 5.06. The summed E-state index contributed by atoms with van der Waals surface area (Å²) in [5.74, 6) is -4.72. The molecule has 0 radical (unpaired) electrons. The predicted octanol–water partition coefficient (Wildman–Crippen LogP) is -0.909. The summed E-state index contributed by atoms with van der Waals surface area (Å²) in [6.45, 7) is -0.267. The van der Waals surface area contributed by atoms with E-state index in [9.17, 15) is 18.0 Å². The Morgan fingerprint density at radius 3 is 2.11 bits per heavy atom. The molecule has 1 aliphatic carbocycles. The molecule has 2 atom stereocenters. The molecular weight excluding hydrogens is 276 g/mol. The largest absolute Gasteiger partial charge is 0.481 e. The maximum absolute atomic E-state index is 12.0. The molecule has 1 saturated heterocycles. The maximum atomic E-state index is 12.0. The first-order valence-corrected chi connectivity index (χ1v) is 7.48. The quantitative estimate of drug-likeness (QED) is 0.602. The number of carboxylic acids is 2. The van der Waals surface area contributed by atoms with Crippen molar-refractivity contribution in [2.45, 2.75) is 25.3 Å². The highest BCUT2D eigenvalue weighted by Crippen LogP contribution is 2.27. The Morgan fingerprint density at radius 1 is 1.05 bits per heavy atom. The predicted molar refractivity (Wildman–Crippen MR) is 63.5 cm³/mol. The molecule has 0 bridgehead atoms. The van der Waals surface area contributed by atoms with Crippen LogP contribution in [0, 0.1) is 11.8 Å². The number of hydrogen-bond acceptors (Lipinski definition) is 4. The van der Waals surface area contributed by atoms with Crippen LogP contribution >= 0.6 is 0 Å². The first-order chi connectivity index (χ1) is 8.81. The van der Waals surface area contributed by atoms with Gasteiger partial charge in [0.1, 0.15) is 0 Å². The fourth-order valence-corrected chi connectivity index (χ4v) is 3.68. The van der Waals surface area contributed by atoms with Gasteiger partial charge in [-0.25, -0.2) is 0 Å². The summed E-state index contributed by atoms with van der Waals surface area (Å²) in [4.78, 5) is 22.0. The molecule has 0 spiro atoms. The molecule has 2 unspecified atom stereocenters. The Bertz CT molecular complexity index is 486. The van der Waals surface area contributed by atoms with Crippen molar-refractivity contribution in [1.29, 1.82) is 0 Å². The summed E-state index contributed by atoms with van der Waals surface area (Å²) < 4.78 is 27.4. The second-order valence-corrected chi connectivity index (χ2v) is 6.64. The minimum absolute atomic E-state index is 0.0118. The number of rotatable bonds is 5. The van der Waals surface area contributed by atoms with Crippen LogP contribution in [0.3, 0.4) is 0 Å². The Hall–Kier alpha value is -1.19. The minimum Gasteiger partial charge on any atom is -0.481 e. The van der Waals surface area contributed by atoms with Gasteiger partial charge >= 0.3 is 11.9 Å². The van der Waals surface area contributed by atoms with Gasteiger partial charge in [-0.05, 0) is 19.3 Å². The summed E-state index contributed by atoms with van der Waals surface area (Å²) in [5.41, 5.74) is 0. The highest BCUT2D eigenvalue weighted by atomic mass is 32.2. The van der Waals surface area contributed by atoms with E-state index in [-0.39, 0.29) is 25.6 Å². The first-order valence-electron chi connectivity index (χ1n) is 6.04. The molecule has 1 heterocycles. The van der Waals surface area contributed by atoms with Crippen LogP contribution in [0.1, 0.15) is 19.3 Å². The van der Waals surface area contributed by atoms with Gasteiger partial charge in [0.25, 0.3) is 10.2 Å². The zero-order valence-electron chi connectivity index (χ0n) is 10.2. The molecule has 3 N–H and O–H groups in total. The van der Waals surface area contributed by atoms with Gasteiger partial charge in [-0.1, -0.05) is 0 Å². The number of piperidine rings is 1. The smallest absolute Gasteiger partial charge is 0.308 e. The second-order valence-electron chi connectivity index (χ2n) is 4.93. The summed E-state index contributed by atoms with van der Waals surface area (Å²) in [5, 5.41) is 18.0. The minimum atomic E-state index is -3.71. The third-order valence-corrected chi connectivity index (χ3v) is 5.09. The molecule has 108 valence electrons. The summed E-state index contributed by atoms with van der Waals surface area (Å²) in [7, 11) is -3.71. The van der Waals surface area contributed by atoms with Crippen LogP contribution in [-0.2, 0) is 19.8 Å². The van der Waals surface area contributed by atoms with Crippen LogP contribution in [0.5, 0.6) is 0 Å². The molecule has 1 aliphatic heterocycles. The van der Waals surface area contributed by atoms with E-state index >= 15 is 0 Å². The molecule has 2 fully saturated rings. The Morgan fingerprint density at radius 2 is 1.63 bits per heavy atom. The van der Waals surface area contributed by atoms with Crippen LogP contribution in [0.15, 0.2) is 0 Å². The lowest BCUT2D eigenvalue weighted by molar-refractivity contribution is -0.156. The summed E-state index contributed by atoms with van der Waals surface area (Å²) in [6, 6.07) is -0.0644. The molecule has 0 aromatic rings. The van der Waals surface area contributed by atoms with E-state index in [1.165, 1.54) is 0 Å². The first kappa shape index (κ1) is 14.2. The number of hydrogen-bond donors (Lipinski definition) is 3. The zero-order valence-corrected chi connectivity index (χ0v) is 11.0. The number of aliphatic carboxylic acids is 2. The molecule has 9 heteroatoms. The highest BCUT2D eigenvalue weighted by molar-refractivity contribution is 7.87.